The van der Waals surface area contributed by atoms with E-state index in [2.05, 4.69) is 0 Å². The van der Waals surface area contributed by atoms with Gasteiger partial charge >= 0.3 is 0 Å². The third-order valence-electron chi connectivity index (χ3n) is 4.64. The van der Waals surface area contributed by atoms with Crippen LogP contribution in [-0.2, 0) is 19.4 Å². The van der Waals surface area contributed by atoms with Crippen molar-refractivity contribution in [2.75, 3.05) is 31.3 Å². The zero-order chi connectivity index (χ0) is 18.7. The maximum atomic E-state index is 13.1. The van der Waals surface area contributed by atoms with Crippen molar-refractivity contribution in [3.63, 3.8) is 0 Å². The average molecular weight is 406 g/mol. The Kier molecular flexibility index (Phi) is 6.04. The molecule has 2 fully saturated rings. The number of halogens is 2. The molecule has 26 heavy (non-hydrogen) atoms. The van der Waals surface area contributed by atoms with Crippen molar-refractivity contribution in [2.45, 2.75) is 31.4 Å². The second-order valence-electron chi connectivity index (χ2n) is 6.60. The van der Waals surface area contributed by atoms with Crippen molar-refractivity contribution in [1.82, 2.24) is 4.90 Å². The van der Waals surface area contributed by atoms with Crippen molar-refractivity contribution in [3.05, 3.63) is 29.0 Å². The molecule has 2 atom stereocenters. The number of carbonyl (C=O) groups is 1. The smallest absolute Gasteiger partial charge is 0.260 e. The third-order valence-corrected chi connectivity index (χ3v) is 6.68. The molecular formula is C17H21ClFNO5S. The van der Waals surface area contributed by atoms with E-state index in [1.165, 1.54) is 12.1 Å². The number of benzene rings is 1. The zero-order valence-electron chi connectivity index (χ0n) is 14.2. The predicted molar refractivity (Wildman–Crippen MR) is 94.7 cm³/mol. The highest BCUT2D eigenvalue weighted by atomic mass is 35.5. The van der Waals surface area contributed by atoms with E-state index in [4.69, 9.17) is 21.1 Å². The topological polar surface area (TPSA) is 72.9 Å². The van der Waals surface area contributed by atoms with E-state index >= 15 is 0 Å². The van der Waals surface area contributed by atoms with Crippen molar-refractivity contribution < 1.29 is 27.1 Å². The van der Waals surface area contributed by atoms with Gasteiger partial charge in [-0.25, -0.2) is 12.8 Å². The second-order valence-corrected chi connectivity index (χ2v) is 9.24. The van der Waals surface area contributed by atoms with E-state index in [1.807, 2.05) is 0 Å². The van der Waals surface area contributed by atoms with Gasteiger partial charge in [-0.15, -0.1) is 0 Å². The van der Waals surface area contributed by atoms with E-state index in [-0.39, 0.29) is 46.9 Å². The first-order valence-electron chi connectivity index (χ1n) is 8.53. The maximum Gasteiger partial charge on any atom is 0.260 e. The molecule has 0 spiro atoms. The van der Waals surface area contributed by atoms with Crippen LogP contribution in [0, 0.1) is 5.82 Å². The first-order chi connectivity index (χ1) is 12.3. The van der Waals surface area contributed by atoms with Gasteiger partial charge in [0.15, 0.2) is 16.4 Å². The van der Waals surface area contributed by atoms with Gasteiger partial charge in [0.2, 0.25) is 0 Å². The summed E-state index contributed by atoms with van der Waals surface area (Å²) in [6.07, 6.45) is 2.10. The number of rotatable bonds is 6. The molecular weight excluding hydrogens is 385 g/mol. The molecule has 1 aromatic rings. The fourth-order valence-corrected chi connectivity index (χ4v) is 5.25. The summed E-state index contributed by atoms with van der Waals surface area (Å²) in [6.45, 7) is 0.700. The summed E-state index contributed by atoms with van der Waals surface area (Å²) < 4.78 is 47.7. The number of sulfone groups is 1. The van der Waals surface area contributed by atoms with Crippen molar-refractivity contribution in [3.8, 4) is 5.75 Å². The largest absolute Gasteiger partial charge is 0.482 e. The van der Waals surface area contributed by atoms with Gasteiger partial charge in [0.25, 0.3) is 5.91 Å². The fourth-order valence-electron chi connectivity index (χ4n) is 3.30. The van der Waals surface area contributed by atoms with Crippen LogP contribution in [0.5, 0.6) is 5.75 Å². The van der Waals surface area contributed by atoms with Gasteiger partial charge in [0.1, 0.15) is 11.6 Å². The highest BCUT2D eigenvalue weighted by Crippen LogP contribution is 2.26. The number of hydrogen-bond donors (Lipinski definition) is 0. The van der Waals surface area contributed by atoms with Crippen LogP contribution < -0.4 is 4.74 Å². The lowest BCUT2D eigenvalue weighted by molar-refractivity contribution is -0.137. The van der Waals surface area contributed by atoms with Crippen LogP contribution in [0.3, 0.4) is 0 Å². The second kappa shape index (κ2) is 8.10. The van der Waals surface area contributed by atoms with E-state index in [0.29, 0.717) is 19.6 Å². The molecule has 3 rings (SSSR count). The Labute approximate surface area is 157 Å². The minimum atomic E-state index is -3.12. The van der Waals surface area contributed by atoms with Crippen LogP contribution in [0.25, 0.3) is 0 Å². The van der Waals surface area contributed by atoms with Crippen LogP contribution in [0.15, 0.2) is 18.2 Å². The molecule has 0 radical (unpaired) electrons. The number of carbonyl (C=O) groups excluding carboxylic acids is 1. The van der Waals surface area contributed by atoms with Gasteiger partial charge in [0.05, 0.1) is 22.6 Å². The summed E-state index contributed by atoms with van der Waals surface area (Å²) in [4.78, 5) is 14.3. The van der Waals surface area contributed by atoms with Crippen molar-refractivity contribution >= 4 is 27.3 Å². The van der Waals surface area contributed by atoms with Crippen LogP contribution in [0.1, 0.15) is 19.3 Å². The lowest BCUT2D eigenvalue weighted by atomic mass is 10.1. The van der Waals surface area contributed by atoms with Crippen molar-refractivity contribution in [2.24, 2.45) is 0 Å². The van der Waals surface area contributed by atoms with Crippen LogP contribution in [-0.4, -0.2) is 62.6 Å². The van der Waals surface area contributed by atoms with E-state index in [1.54, 1.807) is 4.90 Å². The highest BCUT2D eigenvalue weighted by molar-refractivity contribution is 7.91. The Hall–Kier alpha value is -1.38. The van der Waals surface area contributed by atoms with Crippen LogP contribution in [0.4, 0.5) is 4.39 Å². The molecule has 1 amide bonds. The fraction of sp³-hybridized carbons (Fsp3) is 0.588. The highest BCUT2D eigenvalue weighted by Gasteiger charge is 2.36. The number of ether oxygens (including phenoxy) is 2. The standard InChI is InChI=1S/C17H21ClFNO5S/c18-15-8-12(19)3-4-16(15)25-10-17(21)20(9-14-2-1-6-24-14)13-5-7-26(22,23)11-13/h3-4,8,13-14H,1-2,5-7,9-11H2/t13-,14+/m1/s1. The van der Waals surface area contributed by atoms with Crippen molar-refractivity contribution in [1.29, 1.82) is 0 Å². The van der Waals surface area contributed by atoms with Gasteiger partial charge in [-0.05, 0) is 37.5 Å². The minimum Gasteiger partial charge on any atom is -0.482 e. The quantitative estimate of drug-likeness (QED) is 0.724. The Balaban J connectivity index is 1.67. The molecule has 9 heteroatoms. The van der Waals surface area contributed by atoms with Gasteiger partial charge < -0.3 is 14.4 Å². The third kappa shape index (κ3) is 4.86. The molecule has 0 aromatic heterocycles. The first kappa shape index (κ1) is 19.4. The van der Waals surface area contributed by atoms with Crippen LogP contribution >= 0.6 is 11.6 Å². The molecule has 2 aliphatic rings. The zero-order valence-corrected chi connectivity index (χ0v) is 15.8. The van der Waals surface area contributed by atoms with E-state index in [0.717, 1.165) is 18.9 Å². The molecule has 0 saturated carbocycles. The molecule has 2 aliphatic heterocycles. The molecule has 0 unspecified atom stereocenters. The normalized spacial score (nSPS) is 24.5. The minimum absolute atomic E-state index is 0.0389. The molecule has 1 aromatic carbocycles. The summed E-state index contributed by atoms with van der Waals surface area (Å²) >= 11 is 5.91. The number of amides is 1. The summed E-state index contributed by atoms with van der Waals surface area (Å²) in [6, 6.07) is 3.29. The number of nitrogens with zero attached hydrogens (tertiary/aromatic N) is 1. The summed E-state index contributed by atoms with van der Waals surface area (Å²) in [5, 5.41) is 0.0759. The summed E-state index contributed by atoms with van der Waals surface area (Å²) in [5.74, 6) is -0.578. The van der Waals surface area contributed by atoms with E-state index < -0.39 is 15.7 Å². The lowest BCUT2D eigenvalue weighted by Gasteiger charge is -2.30. The molecule has 0 N–H and O–H groups in total. The SMILES string of the molecule is O=C(COc1ccc(F)cc1Cl)N(C[C@@H]1CCCO1)[C@@H]1CCS(=O)(=O)C1. The lowest BCUT2D eigenvalue weighted by Crippen LogP contribution is -2.47. The Morgan fingerprint density at radius 1 is 1.38 bits per heavy atom. The van der Waals surface area contributed by atoms with E-state index in [9.17, 15) is 17.6 Å². The molecule has 0 bridgehead atoms. The molecule has 6 nitrogen and oxygen atoms in total. The average Bonchev–Trinajstić information content (AvgIpc) is 3.20. The van der Waals surface area contributed by atoms with Gasteiger partial charge in [-0.1, -0.05) is 11.6 Å². The maximum absolute atomic E-state index is 13.1. The molecule has 144 valence electrons. The van der Waals surface area contributed by atoms with Gasteiger partial charge in [-0.3, -0.25) is 4.79 Å². The molecule has 0 aliphatic carbocycles. The monoisotopic (exact) mass is 405 g/mol. The van der Waals surface area contributed by atoms with Crippen LogP contribution in [0.2, 0.25) is 5.02 Å². The predicted octanol–water partition coefficient (Wildman–Crippen LogP) is 2.05. The van der Waals surface area contributed by atoms with Gasteiger partial charge in [-0.2, -0.15) is 0 Å². The molecule has 2 saturated heterocycles. The summed E-state index contributed by atoms with van der Waals surface area (Å²) in [7, 11) is -3.12. The Morgan fingerprint density at radius 3 is 2.81 bits per heavy atom. The van der Waals surface area contributed by atoms with Gasteiger partial charge in [0, 0.05) is 19.2 Å². The Morgan fingerprint density at radius 2 is 2.19 bits per heavy atom. The Bertz CT molecular complexity index is 766. The molecule has 2 heterocycles. The number of hydrogen-bond acceptors (Lipinski definition) is 5. The first-order valence-corrected chi connectivity index (χ1v) is 10.7. The summed E-state index contributed by atoms with van der Waals surface area (Å²) in [5.41, 5.74) is 0.